The molecule has 4 rings (SSSR count). The average Bonchev–Trinajstić information content (AvgIpc) is 2.81. The number of anilines is 1. The predicted molar refractivity (Wildman–Crippen MR) is 121 cm³/mol. The fourth-order valence-corrected chi connectivity index (χ4v) is 4.62. The summed E-state index contributed by atoms with van der Waals surface area (Å²) in [6.07, 6.45) is 3.42. The fraction of sp³-hybridized carbons (Fsp3) is 0.250. The van der Waals surface area contributed by atoms with Crippen molar-refractivity contribution < 1.29 is 4.79 Å². The number of benzene rings is 1. The highest BCUT2D eigenvalue weighted by atomic mass is 32.2. The second kappa shape index (κ2) is 9.19. The highest BCUT2D eigenvalue weighted by Gasteiger charge is 2.26. The van der Waals surface area contributed by atoms with Crippen molar-refractivity contribution in [2.45, 2.75) is 23.8 Å². The van der Waals surface area contributed by atoms with Crippen LogP contribution in [-0.4, -0.2) is 47.0 Å². The summed E-state index contributed by atoms with van der Waals surface area (Å²) in [6, 6.07) is 15.7. The normalized spacial score (nSPS) is 13.7. The van der Waals surface area contributed by atoms with Crippen molar-refractivity contribution in [3.63, 3.8) is 0 Å². The molecule has 3 aromatic rings. The van der Waals surface area contributed by atoms with E-state index < -0.39 is 0 Å². The summed E-state index contributed by atoms with van der Waals surface area (Å²) in [4.78, 5) is 27.2. The second-order valence-corrected chi connectivity index (χ2v) is 8.52. The van der Waals surface area contributed by atoms with Gasteiger partial charge in [0, 0.05) is 43.5 Å². The SMILES string of the molecule is Cc1ccc(Sc2ncccc2C(=O)N2CCN(c3ncccc3C#N)CC2)c(C)c1. The smallest absolute Gasteiger partial charge is 0.256 e. The third-order valence-electron chi connectivity index (χ3n) is 5.31. The monoisotopic (exact) mass is 429 g/mol. The van der Waals surface area contributed by atoms with E-state index in [0.717, 1.165) is 9.92 Å². The van der Waals surface area contributed by atoms with Crippen LogP contribution in [0.4, 0.5) is 5.82 Å². The first-order chi connectivity index (χ1) is 15.1. The lowest BCUT2D eigenvalue weighted by molar-refractivity contribution is 0.0742. The van der Waals surface area contributed by atoms with Crippen LogP contribution in [0.5, 0.6) is 0 Å². The first kappa shape index (κ1) is 20.9. The number of hydrogen-bond donors (Lipinski definition) is 0. The van der Waals surface area contributed by atoms with E-state index in [1.165, 1.54) is 22.9 Å². The molecule has 0 N–H and O–H groups in total. The third kappa shape index (κ3) is 4.54. The van der Waals surface area contributed by atoms with Crippen LogP contribution in [-0.2, 0) is 0 Å². The molecule has 1 aromatic carbocycles. The molecule has 1 amide bonds. The first-order valence-electron chi connectivity index (χ1n) is 10.2. The number of piperazine rings is 1. The standard InChI is InChI=1S/C24H23N5OS/c1-17-7-8-21(18(2)15-17)31-23-20(6-4-10-27-23)24(30)29-13-11-28(12-14-29)22-19(16-25)5-3-9-26-22/h3-10,15H,11-14H2,1-2H3. The number of amides is 1. The van der Waals surface area contributed by atoms with E-state index in [-0.39, 0.29) is 5.91 Å². The van der Waals surface area contributed by atoms with Gasteiger partial charge in [0.05, 0.1) is 11.1 Å². The van der Waals surface area contributed by atoms with Crippen LogP contribution in [0.2, 0.25) is 0 Å². The lowest BCUT2D eigenvalue weighted by Crippen LogP contribution is -2.49. The zero-order valence-corrected chi connectivity index (χ0v) is 18.4. The number of pyridine rings is 2. The molecule has 1 fully saturated rings. The van der Waals surface area contributed by atoms with Crippen molar-refractivity contribution in [2.24, 2.45) is 0 Å². The Hall–Kier alpha value is -3.37. The highest BCUT2D eigenvalue weighted by molar-refractivity contribution is 7.99. The molecule has 2 aromatic heterocycles. The molecule has 3 heterocycles. The summed E-state index contributed by atoms with van der Waals surface area (Å²) < 4.78 is 0. The summed E-state index contributed by atoms with van der Waals surface area (Å²) in [5.74, 6) is 0.672. The van der Waals surface area contributed by atoms with Crippen LogP contribution in [0.15, 0.2) is 64.8 Å². The molecule has 0 atom stereocenters. The van der Waals surface area contributed by atoms with Gasteiger partial charge in [-0.15, -0.1) is 0 Å². The second-order valence-electron chi connectivity index (χ2n) is 7.49. The van der Waals surface area contributed by atoms with Crippen molar-refractivity contribution in [3.8, 4) is 6.07 Å². The van der Waals surface area contributed by atoms with Gasteiger partial charge in [-0.2, -0.15) is 5.26 Å². The summed E-state index contributed by atoms with van der Waals surface area (Å²) in [5.41, 5.74) is 3.56. The van der Waals surface area contributed by atoms with Gasteiger partial charge in [-0.25, -0.2) is 9.97 Å². The van der Waals surface area contributed by atoms with Crippen LogP contribution in [0, 0.1) is 25.2 Å². The Morgan fingerprint density at radius 2 is 1.77 bits per heavy atom. The van der Waals surface area contributed by atoms with E-state index in [9.17, 15) is 10.1 Å². The van der Waals surface area contributed by atoms with E-state index in [0.29, 0.717) is 43.1 Å². The van der Waals surface area contributed by atoms with Gasteiger partial charge in [-0.05, 0) is 49.7 Å². The molecule has 31 heavy (non-hydrogen) atoms. The molecule has 0 radical (unpaired) electrons. The maximum absolute atomic E-state index is 13.3. The topological polar surface area (TPSA) is 73.1 Å². The summed E-state index contributed by atoms with van der Waals surface area (Å²) in [6.45, 7) is 6.56. The van der Waals surface area contributed by atoms with Gasteiger partial charge < -0.3 is 9.80 Å². The zero-order valence-electron chi connectivity index (χ0n) is 17.6. The van der Waals surface area contributed by atoms with Crippen molar-refractivity contribution in [3.05, 3.63) is 77.1 Å². The predicted octanol–water partition coefficient (Wildman–Crippen LogP) is 4.08. The molecular weight excluding hydrogens is 406 g/mol. The van der Waals surface area contributed by atoms with Crippen LogP contribution in [0.1, 0.15) is 27.0 Å². The highest BCUT2D eigenvalue weighted by Crippen LogP contribution is 2.32. The van der Waals surface area contributed by atoms with Gasteiger partial charge >= 0.3 is 0 Å². The molecule has 0 spiro atoms. The number of aryl methyl sites for hydroxylation is 2. The van der Waals surface area contributed by atoms with Crippen LogP contribution in [0.3, 0.4) is 0 Å². The molecule has 1 saturated heterocycles. The molecule has 156 valence electrons. The lowest BCUT2D eigenvalue weighted by atomic mass is 10.2. The zero-order chi connectivity index (χ0) is 21.8. The Labute approximate surface area is 186 Å². The molecule has 6 nitrogen and oxygen atoms in total. The van der Waals surface area contributed by atoms with Crippen molar-refractivity contribution in [2.75, 3.05) is 31.1 Å². The van der Waals surface area contributed by atoms with Gasteiger partial charge in [0.2, 0.25) is 0 Å². The first-order valence-corrected chi connectivity index (χ1v) is 11.0. The number of nitrogens with zero attached hydrogens (tertiary/aromatic N) is 5. The van der Waals surface area contributed by atoms with Crippen LogP contribution >= 0.6 is 11.8 Å². The van der Waals surface area contributed by atoms with E-state index >= 15 is 0 Å². The molecule has 1 aliphatic rings. The minimum absolute atomic E-state index is 0.0125. The van der Waals surface area contributed by atoms with Gasteiger partial charge in [0.15, 0.2) is 0 Å². The number of hydrogen-bond acceptors (Lipinski definition) is 6. The Kier molecular flexibility index (Phi) is 6.19. The number of aromatic nitrogens is 2. The summed E-state index contributed by atoms with van der Waals surface area (Å²) in [7, 11) is 0. The molecule has 0 saturated carbocycles. The van der Waals surface area contributed by atoms with Gasteiger partial charge in [-0.1, -0.05) is 29.5 Å². The molecule has 7 heteroatoms. The molecule has 0 unspecified atom stereocenters. The van der Waals surface area contributed by atoms with Gasteiger partial charge in [0.25, 0.3) is 5.91 Å². The number of nitriles is 1. The Bertz CT molecular complexity index is 1150. The van der Waals surface area contributed by atoms with Crippen LogP contribution in [0.25, 0.3) is 0 Å². The average molecular weight is 430 g/mol. The van der Waals surface area contributed by atoms with E-state index in [1.807, 2.05) is 17.0 Å². The minimum atomic E-state index is -0.0125. The number of carbonyl (C=O) groups excluding carboxylic acids is 1. The molecular formula is C24H23N5OS. The van der Waals surface area contributed by atoms with E-state index in [4.69, 9.17) is 0 Å². The van der Waals surface area contributed by atoms with E-state index in [1.54, 1.807) is 24.5 Å². The van der Waals surface area contributed by atoms with Gasteiger partial charge in [0.1, 0.15) is 16.9 Å². The third-order valence-corrected chi connectivity index (χ3v) is 6.51. The largest absolute Gasteiger partial charge is 0.352 e. The van der Waals surface area contributed by atoms with Crippen molar-refractivity contribution in [1.29, 1.82) is 5.26 Å². The molecule has 0 bridgehead atoms. The maximum atomic E-state index is 13.3. The lowest BCUT2D eigenvalue weighted by Gasteiger charge is -2.35. The summed E-state index contributed by atoms with van der Waals surface area (Å²) in [5, 5.41) is 10.1. The summed E-state index contributed by atoms with van der Waals surface area (Å²) >= 11 is 1.53. The van der Waals surface area contributed by atoms with Crippen molar-refractivity contribution in [1.82, 2.24) is 14.9 Å². The molecule has 0 aliphatic carbocycles. The van der Waals surface area contributed by atoms with E-state index in [2.05, 4.69) is 53.0 Å². The van der Waals surface area contributed by atoms with Crippen molar-refractivity contribution >= 4 is 23.5 Å². The van der Waals surface area contributed by atoms with Gasteiger partial charge in [-0.3, -0.25) is 4.79 Å². The minimum Gasteiger partial charge on any atom is -0.352 e. The number of rotatable bonds is 4. The Balaban J connectivity index is 1.49. The van der Waals surface area contributed by atoms with Crippen LogP contribution < -0.4 is 4.90 Å². The Morgan fingerprint density at radius 3 is 2.52 bits per heavy atom. The number of carbonyl (C=O) groups is 1. The quantitative estimate of drug-likeness (QED) is 0.622. The fourth-order valence-electron chi connectivity index (χ4n) is 3.68. The Morgan fingerprint density at radius 1 is 1.03 bits per heavy atom. The maximum Gasteiger partial charge on any atom is 0.256 e. The molecule has 1 aliphatic heterocycles.